The summed E-state index contributed by atoms with van der Waals surface area (Å²) in [5.74, 6) is 1.10. The highest BCUT2D eigenvalue weighted by molar-refractivity contribution is 6.31. The lowest BCUT2D eigenvalue weighted by Gasteiger charge is -2.57. The van der Waals surface area contributed by atoms with Crippen molar-refractivity contribution in [2.75, 3.05) is 18.0 Å². The maximum absolute atomic E-state index is 6.31. The van der Waals surface area contributed by atoms with Crippen LogP contribution in [0.25, 0.3) is 0 Å². The van der Waals surface area contributed by atoms with Gasteiger partial charge in [-0.3, -0.25) is 4.90 Å². The van der Waals surface area contributed by atoms with Crippen molar-refractivity contribution in [3.8, 4) is 0 Å². The Morgan fingerprint density at radius 2 is 1.87 bits per heavy atom. The second-order valence-electron chi connectivity index (χ2n) is 6.62. The molecule has 5 rings (SSSR count). The number of hydrogen-bond acceptors (Lipinski definition) is 4. The van der Waals surface area contributed by atoms with Gasteiger partial charge in [-0.25, -0.2) is 9.97 Å². The number of nitrogens with zero attached hydrogens (tertiary/aromatic N) is 4. The zero-order valence-corrected chi connectivity index (χ0v) is 14.3. The van der Waals surface area contributed by atoms with Gasteiger partial charge in [-0.15, -0.1) is 0 Å². The van der Waals surface area contributed by atoms with E-state index in [0.717, 1.165) is 36.2 Å². The van der Waals surface area contributed by atoms with Crippen LogP contribution in [-0.2, 0) is 6.54 Å². The summed E-state index contributed by atoms with van der Waals surface area (Å²) in [5.41, 5.74) is 3.50. The molecule has 2 bridgehead atoms. The molecule has 0 saturated carbocycles. The number of aromatic nitrogens is 2. The molecule has 0 aliphatic carbocycles. The summed E-state index contributed by atoms with van der Waals surface area (Å²) in [4.78, 5) is 13.8. The van der Waals surface area contributed by atoms with Crippen molar-refractivity contribution in [1.82, 2.24) is 14.9 Å². The molecule has 23 heavy (non-hydrogen) atoms. The van der Waals surface area contributed by atoms with E-state index in [-0.39, 0.29) is 0 Å². The highest BCUT2D eigenvalue weighted by atomic mass is 35.5. The smallest absolute Gasteiger partial charge is 0.135 e. The van der Waals surface area contributed by atoms with Gasteiger partial charge in [0.15, 0.2) is 0 Å². The molecule has 2 unspecified atom stereocenters. The summed E-state index contributed by atoms with van der Waals surface area (Å²) in [5, 5.41) is 0.872. The molecule has 1 aromatic heterocycles. The molecule has 4 heterocycles. The Hall–Kier alpha value is -1.65. The molecule has 5 heteroatoms. The van der Waals surface area contributed by atoms with E-state index in [2.05, 4.69) is 45.7 Å². The van der Waals surface area contributed by atoms with Crippen LogP contribution in [0.4, 0.5) is 5.82 Å². The number of piperidine rings is 1. The second-order valence-corrected chi connectivity index (χ2v) is 7.03. The minimum Gasteiger partial charge on any atom is -0.353 e. The average Bonchev–Trinajstić information content (AvgIpc) is 2.56. The monoisotopic (exact) mass is 328 g/mol. The standard InChI is InChI=1S/C18H21ClN4/c1-12-13(2)20-11-21-18(12)22-9-15-7-16(10-22)23(15)8-14-5-3-4-6-17(14)19/h3-6,11,15-16H,7-10H2,1-2H3. The third kappa shape index (κ3) is 2.60. The topological polar surface area (TPSA) is 32.3 Å². The van der Waals surface area contributed by atoms with Crippen molar-refractivity contribution in [3.63, 3.8) is 0 Å². The van der Waals surface area contributed by atoms with Crippen molar-refractivity contribution in [3.05, 3.63) is 52.4 Å². The van der Waals surface area contributed by atoms with Crippen molar-refractivity contribution < 1.29 is 0 Å². The minimum absolute atomic E-state index is 0.597. The fraction of sp³-hybridized carbons (Fsp3) is 0.444. The zero-order chi connectivity index (χ0) is 16.0. The van der Waals surface area contributed by atoms with Crippen LogP contribution in [0.2, 0.25) is 5.02 Å². The number of fused-ring (bicyclic) bond motifs is 2. The van der Waals surface area contributed by atoms with Gasteiger partial charge in [0, 0.05) is 48.0 Å². The molecule has 120 valence electrons. The van der Waals surface area contributed by atoms with Crippen LogP contribution in [0, 0.1) is 13.8 Å². The van der Waals surface area contributed by atoms with E-state index < -0.39 is 0 Å². The summed E-state index contributed by atoms with van der Waals surface area (Å²) in [6.07, 6.45) is 2.96. The lowest BCUT2D eigenvalue weighted by molar-refractivity contribution is -0.00870. The molecular formula is C18H21ClN4. The Morgan fingerprint density at radius 3 is 2.61 bits per heavy atom. The molecule has 2 atom stereocenters. The third-order valence-electron chi connectivity index (χ3n) is 5.26. The maximum Gasteiger partial charge on any atom is 0.135 e. The Morgan fingerprint density at radius 1 is 1.13 bits per heavy atom. The fourth-order valence-corrected chi connectivity index (χ4v) is 3.98. The number of anilines is 1. The van der Waals surface area contributed by atoms with Crippen molar-refractivity contribution in [1.29, 1.82) is 0 Å². The SMILES string of the molecule is Cc1ncnc(N2CC3CC(C2)N3Cc2ccccc2Cl)c1C. The summed E-state index contributed by atoms with van der Waals surface area (Å²) in [6, 6.07) is 9.36. The predicted molar refractivity (Wildman–Crippen MR) is 92.9 cm³/mol. The molecule has 3 saturated heterocycles. The van der Waals surface area contributed by atoms with E-state index in [9.17, 15) is 0 Å². The molecular weight excluding hydrogens is 308 g/mol. The maximum atomic E-state index is 6.31. The van der Waals surface area contributed by atoms with Crippen LogP contribution < -0.4 is 4.90 Å². The molecule has 0 N–H and O–H groups in total. The van der Waals surface area contributed by atoms with E-state index in [1.807, 2.05) is 12.1 Å². The number of halogens is 1. The lowest BCUT2D eigenvalue weighted by atomic mass is 9.86. The molecule has 4 nitrogen and oxygen atoms in total. The summed E-state index contributed by atoms with van der Waals surface area (Å²) in [7, 11) is 0. The summed E-state index contributed by atoms with van der Waals surface area (Å²) < 4.78 is 0. The lowest BCUT2D eigenvalue weighted by Crippen LogP contribution is -2.68. The Balaban J connectivity index is 1.48. The van der Waals surface area contributed by atoms with Crippen molar-refractivity contribution in [2.24, 2.45) is 0 Å². The Labute approximate surface area is 142 Å². The van der Waals surface area contributed by atoms with E-state index in [0.29, 0.717) is 12.1 Å². The van der Waals surface area contributed by atoms with Crippen LogP contribution in [0.3, 0.4) is 0 Å². The van der Waals surface area contributed by atoms with Crippen molar-refractivity contribution in [2.45, 2.75) is 38.9 Å². The van der Waals surface area contributed by atoms with Crippen molar-refractivity contribution >= 4 is 17.4 Å². The van der Waals surface area contributed by atoms with Crippen LogP contribution in [0.5, 0.6) is 0 Å². The molecule has 3 fully saturated rings. The molecule has 0 radical (unpaired) electrons. The first kappa shape index (κ1) is 14.9. The highest BCUT2D eigenvalue weighted by Gasteiger charge is 2.45. The molecule has 2 aromatic rings. The van der Waals surface area contributed by atoms with E-state index in [1.165, 1.54) is 17.5 Å². The molecule has 1 aromatic carbocycles. The number of piperazine rings is 1. The van der Waals surface area contributed by atoms with Crippen LogP contribution in [0.1, 0.15) is 23.2 Å². The average molecular weight is 329 g/mol. The Bertz CT molecular complexity index is 721. The van der Waals surface area contributed by atoms with E-state index >= 15 is 0 Å². The first-order chi connectivity index (χ1) is 11.1. The number of rotatable bonds is 3. The molecule has 3 aliphatic heterocycles. The van der Waals surface area contributed by atoms with Crippen LogP contribution >= 0.6 is 11.6 Å². The fourth-order valence-electron chi connectivity index (χ4n) is 3.79. The summed E-state index contributed by atoms with van der Waals surface area (Å²) >= 11 is 6.31. The summed E-state index contributed by atoms with van der Waals surface area (Å²) in [6.45, 7) is 7.20. The van der Waals surface area contributed by atoms with Gasteiger partial charge in [-0.2, -0.15) is 0 Å². The van der Waals surface area contributed by atoms with Gasteiger partial charge in [0.05, 0.1) is 0 Å². The van der Waals surface area contributed by atoms with Gasteiger partial charge in [0.1, 0.15) is 12.1 Å². The van der Waals surface area contributed by atoms with Crippen LogP contribution in [0.15, 0.2) is 30.6 Å². The normalized spacial score (nSPS) is 23.7. The molecule has 3 aliphatic rings. The predicted octanol–water partition coefficient (Wildman–Crippen LogP) is 3.21. The van der Waals surface area contributed by atoms with Crippen LogP contribution in [-0.4, -0.2) is 40.0 Å². The van der Waals surface area contributed by atoms with Gasteiger partial charge in [0.25, 0.3) is 0 Å². The quantitative estimate of drug-likeness (QED) is 0.866. The second kappa shape index (κ2) is 5.77. The number of benzene rings is 1. The molecule has 0 amide bonds. The molecule has 0 spiro atoms. The van der Waals surface area contributed by atoms with Gasteiger partial charge in [-0.1, -0.05) is 29.8 Å². The van der Waals surface area contributed by atoms with Gasteiger partial charge in [-0.05, 0) is 31.9 Å². The Kier molecular flexibility index (Phi) is 3.74. The van der Waals surface area contributed by atoms with E-state index in [4.69, 9.17) is 11.6 Å². The van der Waals surface area contributed by atoms with Gasteiger partial charge in [0.2, 0.25) is 0 Å². The number of hydrogen-bond donors (Lipinski definition) is 0. The first-order valence-corrected chi connectivity index (χ1v) is 8.53. The van der Waals surface area contributed by atoms with E-state index in [1.54, 1.807) is 6.33 Å². The zero-order valence-electron chi connectivity index (χ0n) is 13.5. The first-order valence-electron chi connectivity index (χ1n) is 8.16. The van der Waals surface area contributed by atoms with Gasteiger partial charge < -0.3 is 4.90 Å². The third-order valence-corrected chi connectivity index (χ3v) is 5.63. The highest BCUT2D eigenvalue weighted by Crippen LogP contribution is 2.36. The largest absolute Gasteiger partial charge is 0.353 e. The number of aryl methyl sites for hydroxylation is 1. The minimum atomic E-state index is 0.597. The van der Waals surface area contributed by atoms with Gasteiger partial charge >= 0.3 is 0 Å².